The van der Waals surface area contributed by atoms with Gasteiger partial charge in [0, 0.05) is 31.9 Å². The predicted octanol–water partition coefficient (Wildman–Crippen LogP) is 0.963. The van der Waals surface area contributed by atoms with Crippen molar-refractivity contribution in [2.45, 2.75) is 31.4 Å². The van der Waals surface area contributed by atoms with E-state index in [2.05, 4.69) is 10.2 Å². The van der Waals surface area contributed by atoms with E-state index in [1.807, 2.05) is 0 Å². The second-order valence-corrected chi connectivity index (χ2v) is 8.08. The Kier molecular flexibility index (Phi) is 9.71. The summed E-state index contributed by atoms with van der Waals surface area (Å²) < 4.78 is 28.5. The summed E-state index contributed by atoms with van der Waals surface area (Å²) in [6.07, 6.45) is 4.67. The predicted molar refractivity (Wildman–Crippen MR) is 90.6 cm³/mol. The van der Waals surface area contributed by atoms with Gasteiger partial charge < -0.3 is 10.1 Å². The summed E-state index contributed by atoms with van der Waals surface area (Å²) in [5.74, 6) is 0.406. The van der Waals surface area contributed by atoms with Crippen molar-refractivity contribution in [2.75, 3.05) is 45.3 Å². The Bertz CT molecular complexity index is 389. The largest absolute Gasteiger partial charge is 0.380 e. The highest BCUT2D eigenvalue weighted by Crippen LogP contribution is 2.25. The Morgan fingerprint density at radius 2 is 1.81 bits per heavy atom. The molecule has 0 aromatic carbocycles. The zero-order valence-corrected chi connectivity index (χ0v) is 15.2. The molecular weight excluding hydrogens is 335 g/mol. The second-order valence-electron chi connectivity index (χ2n) is 5.89. The van der Waals surface area contributed by atoms with Gasteiger partial charge in [-0.25, -0.2) is 8.42 Å². The molecule has 2 fully saturated rings. The molecule has 8 heteroatoms. The fourth-order valence-electron chi connectivity index (χ4n) is 3.34. The number of halogens is 2. The molecule has 0 spiro atoms. The zero-order valence-electron chi connectivity index (χ0n) is 12.8. The standard InChI is InChI=1S/C13H26N2O3S.2ClH/c1-18-13-9-15(12-3-6-14-7-4-12)8-5-11(13)10-19(2,16)17;;/h11-14H,3-10H2,1-2H3;2*1H/t11-,13+;;/m0../s1. The third-order valence-corrected chi connectivity index (χ3v) is 5.41. The minimum Gasteiger partial charge on any atom is -0.380 e. The molecular formula is C13H28Cl2N2O3S. The number of ether oxygens (including phenoxy) is 1. The number of rotatable bonds is 4. The topological polar surface area (TPSA) is 58.6 Å². The lowest BCUT2D eigenvalue weighted by Gasteiger charge is -2.42. The lowest BCUT2D eigenvalue weighted by Crippen LogP contribution is -2.52. The zero-order chi connectivity index (χ0) is 13.9. The van der Waals surface area contributed by atoms with Gasteiger partial charge in [0.25, 0.3) is 0 Å². The van der Waals surface area contributed by atoms with Crippen molar-refractivity contribution in [3.05, 3.63) is 0 Å². The number of likely N-dealkylation sites (tertiary alicyclic amines) is 1. The van der Waals surface area contributed by atoms with E-state index in [1.54, 1.807) is 7.11 Å². The molecule has 2 heterocycles. The number of nitrogens with zero attached hydrogens (tertiary/aromatic N) is 1. The summed E-state index contributed by atoms with van der Waals surface area (Å²) in [7, 11) is -1.22. The highest BCUT2D eigenvalue weighted by Gasteiger charge is 2.34. The van der Waals surface area contributed by atoms with E-state index in [1.165, 1.54) is 19.1 Å². The highest BCUT2D eigenvalue weighted by molar-refractivity contribution is 7.90. The van der Waals surface area contributed by atoms with E-state index < -0.39 is 9.84 Å². The number of methoxy groups -OCH3 is 1. The molecule has 2 saturated heterocycles. The van der Waals surface area contributed by atoms with Gasteiger partial charge in [-0.05, 0) is 38.9 Å². The van der Waals surface area contributed by atoms with E-state index in [0.717, 1.165) is 32.6 Å². The molecule has 2 atom stereocenters. The first-order valence-corrected chi connectivity index (χ1v) is 9.21. The normalized spacial score (nSPS) is 28.5. The summed E-state index contributed by atoms with van der Waals surface area (Å²) in [4.78, 5) is 2.49. The van der Waals surface area contributed by atoms with E-state index in [4.69, 9.17) is 4.74 Å². The summed E-state index contributed by atoms with van der Waals surface area (Å²) >= 11 is 0. The number of piperidine rings is 2. The summed E-state index contributed by atoms with van der Waals surface area (Å²) in [6.45, 7) is 4.06. The lowest BCUT2D eigenvalue weighted by atomic mass is 9.92. The average molecular weight is 363 g/mol. The average Bonchev–Trinajstić information content (AvgIpc) is 2.38. The van der Waals surface area contributed by atoms with Gasteiger partial charge in [0.1, 0.15) is 9.84 Å². The van der Waals surface area contributed by atoms with E-state index in [-0.39, 0.29) is 42.6 Å². The molecule has 0 aromatic heterocycles. The molecule has 0 radical (unpaired) electrons. The van der Waals surface area contributed by atoms with Crippen LogP contribution in [0.2, 0.25) is 0 Å². The van der Waals surface area contributed by atoms with Crippen LogP contribution in [0.15, 0.2) is 0 Å². The van der Waals surface area contributed by atoms with Gasteiger partial charge in [-0.15, -0.1) is 24.8 Å². The fraction of sp³-hybridized carbons (Fsp3) is 1.00. The smallest absolute Gasteiger partial charge is 0.147 e. The lowest BCUT2D eigenvalue weighted by molar-refractivity contribution is -0.0220. The molecule has 0 bridgehead atoms. The first-order chi connectivity index (χ1) is 8.99. The molecule has 5 nitrogen and oxygen atoms in total. The maximum atomic E-state index is 11.5. The first kappa shape index (κ1) is 21.4. The molecule has 0 saturated carbocycles. The minimum atomic E-state index is -2.92. The van der Waals surface area contributed by atoms with Crippen LogP contribution in [0.1, 0.15) is 19.3 Å². The molecule has 0 aliphatic carbocycles. The van der Waals surface area contributed by atoms with E-state index in [0.29, 0.717) is 6.04 Å². The summed E-state index contributed by atoms with van der Waals surface area (Å²) in [5.41, 5.74) is 0. The van der Waals surface area contributed by atoms with Crippen molar-refractivity contribution < 1.29 is 13.2 Å². The van der Waals surface area contributed by atoms with Gasteiger partial charge in [0.15, 0.2) is 0 Å². The molecule has 21 heavy (non-hydrogen) atoms. The van der Waals surface area contributed by atoms with Crippen LogP contribution in [0.3, 0.4) is 0 Å². The number of nitrogens with one attached hydrogen (secondary N) is 1. The summed E-state index contributed by atoms with van der Waals surface area (Å²) in [5, 5.41) is 3.38. The molecule has 2 aliphatic rings. The van der Waals surface area contributed by atoms with Crippen molar-refractivity contribution >= 4 is 34.7 Å². The minimum absolute atomic E-state index is 0. The Balaban J connectivity index is 0.00000200. The number of hydrogen-bond donors (Lipinski definition) is 1. The third-order valence-electron chi connectivity index (χ3n) is 4.37. The van der Waals surface area contributed by atoms with E-state index >= 15 is 0 Å². The van der Waals surface area contributed by atoms with Gasteiger partial charge in [-0.1, -0.05) is 0 Å². The molecule has 0 aromatic rings. The molecule has 0 unspecified atom stereocenters. The third kappa shape index (κ3) is 6.59. The molecule has 2 rings (SSSR count). The SMILES string of the molecule is CO[C@@H]1CN(C2CCNCC2)CC[C@H]1CS(C)(=O)=O.Cl.Cl. The van der Waals surface area contributed by atoms with Crippen molar-refractivity contribution in [3.8, 4) is 0 Å². The van der Waals surface area contributed by atoms with Crippen molar-refractivity contribution in [3.63, 3.8) is 0 Å². The number of sulfone groups is 1. The van der Waals surface area contributed by atoms with Crippen LogP contribution in [-0.2, 0) is 14.6 Å². The Morgan fingerprint density at radius 1 is 1.19 bits per heavy atom. The maximum absolute atomic E-state index is 11.5. The second kappa shape index (κ2) is 9.53. The molecule has 1 N–H and O–H groups in total. The van der Waals surface area contributed by atoms with Crippen LogP contribution in [0.5, 0.6) is 0 Å². The monoisotopic (exact) mass is 362 g/mol. The first-order valence-electron chi connectivity index (χ1n) is 7.15. The number of hydrogen-bond acceptors (Lipinski definition) is 5. The van der Waals surface area contributed by atoms with Crippen LogP contribution in [-0.4, -0.2) is 70.8 Å². The van der Waals surface area contributed by atoms with Gasteiger partial charge in [0.05, 0.1) is 11.9 Å². The van der Waals surface area contributed by atoms with Crippen LogP contribution in [0, 0.1) is 5.92 Å². The van der Waals surface area contributed by atoms with E-state index in [9.17, 15) is 8.42 Å². The van der Waals surface area contributed by atoms with Gasteiger partial charge in [0.2, 0.25) is 0 Å². The highest BCUT2D eigenvalue weighted by atomic mass is 35.5. The summed E-state index contributed by atoms with van der Waals surface area (Å²) in [6, 6.07) is 0.637. The van der Waals surface area contributed by atoms with Crippen LogP contribution < -0.4 is 5.32 Å². The fourth-order valence-corrected chi connectivity index (χ4v) is 4.50. The Hall–Kier alpha value is 0.410. The molecule has 128 valence electrons. The quantitative estimate of drug-likeness (QED) is 0.807. The van der Waals surface area contributed by atoms with Crippen LogP contribution in [0.25, 0.3) is 0 Å². The van der Waals surface area contributed by atoms with Crippen molar-refractivity contribution in [1.82, 2.24) is 10.2 Å². The van der Waals surface area contributed by atoms with Gasteiger partial charge in [-0.3, -0.25) is 4.90 Å². The maximum Gasteiger partial charge on any atom is 0.147 e. The van der Waals surface area contributed by atoms with Crippen LogP contribution in [0.4, 0.5) is 0 Å². The molecule has 0 amide bonds. The van der Waals surface area contributed by atoms with Crippen LogP contribution >= 0.6 is 24.8 Å². The van der Waals surface area contributed by atoms with Gasteiger partial charge in [-0.2, -0.15) is 0 Å². The van der Waals surface area contributed by atoms with Gasteiger partial charge >= 0.3 is 0 Å². The molecule has 2 aliphatic heterocycles. The van der Waals surface area contributed by atoms with Crippen molar-refractivity contribution in [2.24, 2.45) is 5.92 Å². The van der Waals surface area contributed by atoms with Crippen molar-refractivity contribution in [1.29, 1.82) is 0 Å². The Morgan fingerprint density at radius 3 is 2.33 bits per heavy atom. The Labute approximate surface area is 140 Å².